The summed E-state index contributed by atoms with van der Waals surface area (Å²) >= 11 is 0. The number of aromatic nitrogens is 2. The standard InChI is InChI=1S/C12H20N2O/c1-8(2)15-7-11-13-10-6-4-5-9(3)12(10)14-11/h8-9H,4-7H2,1-3H3,(H,13,14). The molecule has 0 fully saturated rings. The highest BCUT2D eigenvalue weighted by Crippen LogP contribution is 2.29. The minimum Gasteiger partial charge on any atom is -0.371 e. The summed E-state index contributed by atoms with van der Waals surface area (Å²) in [5, 5.41) is 0. The molecule has 0 saturated heterocycles. The number of H-pyrrole nitrogens is 1. The van der Waals surface area contributed by atoms with Gasteiger partial charge in [-0.2, -0.15) is 0 Å². The molecule has 1 aliphatic rings. The van der Waals surface area contributed by atoms with E-state index in [4.69, 9.17) is 4.74 Å². The Morgan fingerprint density at radius 2 is 2.33 bits per heavy atom. The minimum atomic E-state index is 0.268. The lowest BCUT2D eigenvalue weighted by molar-refractivity contribution is 0.0616. The predicted octanol–water partition coefficient (Wildman–Crippen LogP) is 2.77. The number of hydrogen-bond donors (Lipinski definition) is 1. The third-order valence-corrected chi connectivity index (χ3v) is 2.94. The molecule has 0 aromatic carbocycles. The van der Waals surface area contributed by atoms with Crippen LogP contribution in [0.15, 0.2) is 0 Å². The zero-order chi connectivity index (χ0) is 10.8. The molecule has 3 nitrogen and oxygen atoms in total. The molecule has 0 spiro atoms. The number of imidazole rings is 1. The van der Waals surface area contributed by atoms with Gasteiger partial charge in [0.25, 0.3) is 0 Å². The average Bonchev–Trinajstić information content (AvgIpc) is 2.59. The lowest BCUT2D eigenvalue weighted by atomic mass is 9.92. The van der Waals surface area contributed by atoms with Gasteiger partial charge in [-0.15, -0.1) is 0 Å². The van der Waals surface area contributed by atoms with Crippen LogP contribution < -0.4 is 0 Å². The van der Waals surface area contributed by atoms with Crippen molar-refractivity contribution in [2.45, 2.75) is 58.7 Å². The van der Waals surface area contributed by atoms with E-state index in [-0.39, 0.29) is 6.10 Å². The molecule has 1 aromatic heterocycles. The Labute approximate surface area is 91.3 Å². The Kier molecular flexibility index (Phi) is 3.10. The van der Waals surface area contributed by atoms with Gasteiger partial charge in [-0.3, -0.25) is 0 Å². The zero-order valence-corrected chi connectivity index (χ0v) is 9.84. The SMILES string of the molecule is CC(C)OCc1nc2c([nH]1)CCCC2C. The van der Waals surface area contributed by atoms with E-state index in [1.165, 1.54) is 24.2 Å². The van der Waals surface area contributed by atoms with E-state index in [2.05, 4.69) is 16.9 Å². The summed E-state index contributed by atoms with van der Waals surface area (Å²) in [6.45, 7) is 6.96. The molecule has 1 N–H and O–H groups in total. The Morgan fingerprint density at radius 1 is 1.53 bits per heavy atom. The normalized spacial score (nSPS) is 20.7. The van der Waals surface area contributed by atoms with Crippen molar-refractivity contribution in [3.05, 3.63) is 17.2 Å². The predicted molar refractivity (Wildman–Crippen MR) is 59.9 cm³/mol. The highest BCUT2D eigenvalue weighted by Gasteiger charge is 2.20. The number of ether oxygens (including phenoxy) is 1. The first-order valence-corrected chi connectivity index (χ1v) is 5.86. The molecule has 0 radical (unpaired) electrons. The van der Waals surface area contributed by atoms with Crippen molar-refractivity contribution in [2.75, 3.05) is 0 Å². The van der Waals surface area contributed by atoms with E-state index in [1.54, 1.807) is 0 Å². The number of hydrogen-bond acceptors (Lipinski definition) is 2. The van der Waals surface area contributed by atoms with Crippen LogP contribution in [0.4, 0.5) is 0 Å². The van der Waals surface area contributed by atoms with Gasteiger partial charge in [-0.05, 0) is 33.1 Å². The molecular formula is C12H20N2O. The lowest BCUT2D eigenvalue weighted by Gasteiger charge is -2.15. The van der Waals surface area contributed by atoms with Crippen LogP contribution in [0.2, 0.25) is 0 Å². The number of aryl methyl sites for hydroxylation is 1. The van der Waals surface area contributed by atoms with Crippen LogP contribution in [-0.2, 0) is 17.8 Å². The van der Waals surface area contributed by atoms with Crippen LogP contribution in [0.3, 0.4) is 0 Å². The maximum atomic E-state index is 5.55. The zero-order valence-electron chi connectivity index (χ0n) is 9.84. The maximum Gasteiger partial charge on any atom is 0.132 e. The van der Waals surface area contributed by atoms with Crippen molar-refractivity contribution < 1.29 is 4.74 Å². The van der Waals surface area contributed by atoms with Crippen molar-refractivity contribution in [1.82, 2.24) is 9.97 Å². The summed E-state index contributed by atoms with van der Waals surface area (Å²) in [5.41, 5.74) is 2.60. The number of rotatable bonds is 3. The number of aromatic amines is 1. The summed E-state index contributed by atoms with van der Waals surface area (Å²) in [4.78, 5) is 8.01. The summed E-state index contributed by atoms with van der Waals surface area (Å²) < 4.78 is 5.55. The van der Waals surface area contributed by atoms with Gasteiger partial charge in [0, 0.05) is 11.6 Å². The second-order valence-corrected chi connectivity index (χ2v) is 4.70. The fraction of sp³-hybridized carbons (Fsp3) is 0.750. The molecule has 1 aromatic rings. The largest absolute Gasteiger partial charge is 0.371 e. The van der Waals surface area contributed by atoms with Crippen LogP contribution in [0.25, 0.3) is 0 Å². The van der Waals surface area contributed by atoms with E-state index in [1.807, 2.05) is 13.8 Å². The van der Waals surface area contributed by atoms with E-state index in [0.29, 0.717) is 12.5 Å². The Balaban J connectivity index is 2.08. The summed E-state index contributed by atoms with van der Waals surface area (Å²) in [6.07, 6.45) is 3.96. The van der Waals surface area contributed by atoms with E-state index in [0.717, 1.165) is 12.2 Å². The highest BCUT2D eigenvalue weighted by atomic mass is 16.5. The summed E-state index contributed by atoms with van der Waals surface area (Å²) in [6, 6.07) is 0. The minimum absolute atomic E-state index is 0.268. The molecule has 0 aliphatic heterocycles. The molecule has 0 bridgehead atoms. The number of nitrogens with zero attached hydrogens (tertiary/aromatic N) is 1. The average molecular weight is 208 g/mol. The molecule has 1 heterocycles. The molecule has 1 aliphatic carbocycles. The molecule has 0 amide bonds. The molecule has 84 valence electrons. The van der Waals surface area contributed by atoms with Crippen LogP contribution in [0.1, 0.15) is 56.7 Å². The van der Waals surface area contributed by atoms with Crippen LogP contribution in [0, 0.1) is 0 Å². The molecule has 1 unspecified atom stereocenters. The van der Waals surface area contributed by atoms with E-state index in [9.17, 15) is 0 Å². The first-order valence-electron chi connectivity index (χ1n) is 5.86. The molecular weight excluding hydrogens is 188 g/mol. The second-order valence-electron chi connectivity index (χ2n) is 4.70. The summed E-state index contributed by atoms with van der Waals surface area (Å²) in [5.74, 6) is 1.60. The maximum absolute atomic E-state index is 5.55. The monoisotopic (exact) mass is 208 g/mol. The van der Waals surface area contributed by atoms with Gasteiger partial charge in [0.2, 0.25) is 0 Å². The smallest absolute Gasteiger partial charge is 0.132 e. The van der Waals surface area contributed by atoms with Crippen molar-refractivity contribution in [3.63, 3.8) is 0 Å². The van der Waals surface area contributed by atoms with E-state index < -0.39 is 0 Å². The van der Waals surface area contributed by atoms with Crippen molar-refractivity contribution in [2.24, 2.45) is 0 Å². The van der Waals surface area contributed by atoms with Gasteiger partial charge in [0.05, 0.1) is 11.8 Å². The number of nitrogens with one attached hydrogen (secondary N) is 1. The van der Waals surface area contributed by atoms with Gasteiger partial charge >= 0.3 is 0 Å². The molecule has 2 rings (SSSR count). The first kappa shape index (κ1) is 10.7. The third kappa shape index (κ3) is 2.40. The Morgan fingerprint density at radius 3 is 3.00 bits per heavy atom. The fourth-order valence-corrected chi connectivity index (χ4v) is 2.11. The molecule has 1 atom stereocenters. The van der Waals surface area contributed by atoms with Crippen molar-refractivity contribution in [3.8, 4) is 0 Å². The van der Waals surface area contributed by atoms with Crippen LogP contribution in [-0.4, -0.2) is 16.1 Å². The Bertz CT molecular complexity index is 330. The first-order chi connectivity index (χ1) is 7.16. The van der Waals surface area contributed by atoms with Gasteiger partial charge in [-0.25, -0.2) is 4.98 Å². The van der Waals surface area contributed by atoms with Crippen LogP contribution in [0.5, 0.6) is 0 Å². The van der Waals surface area contributed by atoms with Crippen LogP contribution >= 0.6 is 0 Å². The molecule has 3 heteroatoms. The second kappa shape index (κ2) is 4.35. The van der Waals surface area contributed by atoms with Gasteiger partial charge in [0.15, 0.2) is 0 Å². The summed E-state index contributed by atoms with van der Waals surface area (Å²) in [7, 11) is 0. The van der Waals surface area contributed by atoms with Gasteiger partial charge < -0.3 is 9.72 Å². The highest BCUT2D eigenvalue weighted by molar-refractivity contribution is 5.21. The molecule has 0 saturated carbocycles. The quantitative estimate of drug-likeness (QED) is 0.829. The Hall–Kier alpha value is -0.830. The van der Waals surface area contributed by atoms with Gasteiger partial charge in [0.1, 0.15) is 12.4 Å². The lowest BCUT2D eigenvalue weighted by Crippen LogP contribution is -2.05. The van der Waals surface area contributed by atoms with Crippen molar-refractivity contribution in [1.29, 1.82) is 0 Å². The van der Waals surface area contributed by atoms with Crippen molar-refractivity contribution >= 4 is 0 Å². The fourth-order valence-electron chi connectivity index (χ4n) is 2.11. The number of fused-ring (bicyclic) bond motifs is 1. The van der Waals surface area contributed by atoms with Gasteiger partial charge in [-0.1, -0.05) is 6.92 Å². The topological polar surface area (TPSA) is 37.9 Å². The third-order valence-electron chi connectivity index (χ3n) is 2.94. The van der Waals surface area contributed by atoms with E-state index >= 15 is 0 Å². The molecule has 15 heavy (non-hydrogen) atoms.